The molecule has 0 saturated carbocycles. The van der Waals surface area contributed by atoms with Gasteiger partial charge in [0.15, 0.2) is 0 Å². The van der Waals surface area contributed by atoms with Gasteiger partial charge in [0.1, 0.15) is 0 Å². The van der Waals surface area contributed by atoms with E-state index in [4.69, 9.17) is 5.73 Å². The predicted octanol–water partition coefficient (Wildman–Crippen LogP) is -0.375. The number of hydrogen-bond donors (Lipinski definition) is 2. The third-order valence-electron chi connectivity index (χ3n) is 2.72. The number of likely N-dealkylation sites (N-methyl/N-ethyl adjacent to an activating group) is 1. The van der Waals surface area contributed by atoms with Crippen molar-refractivity contribution in [2.24, 2.45) is 11.7 Å². The summed E-state index contributed by atoms with van der Waals surface area (Å²) >= 11 is 0. The minimum Gasteiger partial charge on any atom is -0.345 e. The first-order valence-electron chi connectivity index (χ1n) is 6.43. The Hall–Kier alpha value is -1.27. The molecule has 0 aliphatic heterocycles. The summed E-state index contributed by atoms with van der Waals surface area (Å²) < 4.78 is 0. The van der Waals surface area contributed by atoms with Crippen molar-refractivity contribution < 1.29 is 14.4 Å². The lowest BCUT2D eigenvalue weighted by Crippen LogP contribution is -2.50. The van der Waals surface area contributed by atoms with Gasteiger partial charge >= 0.3 is 0 Å². The number of nitrogens with zero attached hydrogens (tertiary/aromatic N) is 1. The zero-order valence-corrected chi connectivity index (χ0v) is 12.3. The first kappa shape index (κ1) is 17.7. The van der Waals surface area contributed by atoms with Crippen LogP contribution in [0.1, 0.15) is 34.1 Å². The SMILES string of the molecule is C[N][C@@H](CC(C)C)C(=O)C(=O)[C@@H](C)NC(=O)[C@H](C)N. The Bertz CT molecular complexity index is 340. The van der Waals surface area contributed by atoms with Crippen LogP contribution in [0.25, 0.3) is 0 Å². The molecule has 3 N–H and O–H groups in total. The van der Waals surface area contributed by atoms with Crippen LogP contribution in [0.4, 0.5) is 0 Å². The first-order chi connectivity index (χ1) is 8.70. The highest BCUT2D eigenvalue weighted by Gasteiger charge is 2.30. The quantitative estimate of drug-likeness (QED) is 0.587. The molecular formula is C13H24N3O3. The van der Waals surface area contributed by atoms with Crippen LogP contribution in [-0.4, -0.2) is 42.6 Å². The summed E-state index contributed by atoms with van der Waals surface area (Å²) in [6.07, 6.45) is 0.523. The van der Waals surface area contributed by atoms with E-state index >= 15 is 0 Å². The standard InChI is InChI=1S/C13H24N3O3/c1-7(2)6-10(15-5)12(18)11(17)9(4)16-13(19)8(3)14/h7-10H,6,14H2,1-5H3,(H,16,19)/t8-,9+,10-/m0/s1. The molecule has 0 aliphatic rings. The second-order valence-electron chi connectivity index (χ2n) is 5.15. The van der Waals surface area contributed by atoms with Gasteiger partial charge in [-0.05, 0) is 26.2 Å². The number of carbonyl (C=O) groups is 3. The largest absolute Gasteiger partial charge is 0.345 e. The third-order valence-corrected chi connectivity index (χ3v) is 2.72. The minimum atomic E-state index is -0.873. The molecule has 19 heavy (non-hydrogen) atoms. The van der Waals surface area contributed by atoms with Crippen LogP contribution in [-0.2, 0) is 14.4 Å². The van der Waals surface area contributed by atoms with Gasteiger partial charge in [-0.3, -0.25) is 14.4 Å². The lowest BCUT2D eigenvalue weighted by Gasteiger charge is -2.18. The maximum atomic E-state index is 12.0. The summed E-state index contributed by atoms with van der Waals surface area (Å²) in [6.45, 7) is 6.90. The van der Waals surface area contributed by atoms with Crippen molar-refractivity contribution >= 4 is 17.5 Å². The second-order valence-corrected chi connectivity index (χ2v) is 5.15. The molecule has 3 atom stereocenters. The van der Waals surface area contributed by atoms with Crippen molar-refractivity contribution in [2.75, 3.05) is 7.05 Å². The normalized spacial score (nSPS) is 15.7. The minimum absolute atomic E-state index is 0.263. The number of rotatable bonds is 8. The highest BCUT2D eigenvalue weighted by atomic mass is 16.2. The summed E-state index contributed by atoms with van der Waals surface area (Å²) in [5.74, 6) is -1.39. The van der Waals surface area contributed by atoms with Gasteiger partial charge in [0.25, 0.3) is 0 Å². The number of nitrogens with one attached hydrogen (secondary N) is 1. The van der Waals surface area contributed by atoms with E-state index in [1.165, 1.54) is 20.9 Å². The van der Waals surface area contributed by atoms with Gasteiger partial charge in [0.05, 0.1) is 18.1 Å². The topological polar surface area (TPSA) is 103 Å². The fraction of sp³-hybridized carbons (Fsp3) is 0.769. The Morgan fingerprint density at radius 2 is 1.63 bits per heavy atom. The molecule has 0 spiro atoms. The van der Waals surface area contributed by atoms with Crippen molar-refractivity contribution in [3.63, 3.8) is 0 Å². The van der Waals surface area contributed by atoms with E-state index in [1.54, 1.807) is 0 Å². The lowest BCUT2D eigenvalue weighted by molar-refractivity contribution is -0.140. The van der Waals surface area contributed by atoms with Crippen molar-refractivity contribution in [1.82, 2.24) is 10.6 Å². The Labute approximate surface area is 114 Å². The third kappa shape index (κ3) is 5.94. The van der Waals surface area contributed by atoms with Crippen LogP contribution in [0.5, 0.6) is 0 Å². The Morgan fingerprint density at radius 3 is 2.00 bits per heavy atom. The van der Waals surface area contributed by atoms with Crippen LogP contribution < -0.4 is 16.4 Å². The molecule has 109 valence electrons. The van der Waals surface area contributed by atoms with Gasteiger partial charge in [-0.15, -0.1) is 0 Å². The highest BCUT2D eigenvalue weighted by molar-refractivity contribution is 6.41. The molecule has 0 rings (SSSR count). The van der Waals surface area contributed by atoms with Crippen LogP contribution >= 0.6 is 0 Å². The van der Waals surface area contributed by atoms with Crippen molar-refractivity contribution in [1.29, 1.82) is 0 Å². The highest BCUT2D eigenvalue weighted by Crippen LogP contribution is 2.07. The molecular weight excluding hydrogens is 246 g/mol. The van der Waals surface area contributed by atoms with E-state index in [1.807, 2.05) is 13.8 Å². The maximum Gasteiger partial charge on any atom is 0.237 e. The van der Waals surface area contributed by atoms with E-state index in [-0.39, 0.29) is 5.92 Å². The van der Waals surface area contributed by atoms with Crippen LogP contribution in [0.3, 0.4) is 0 Å². The lowest BCUT2D eigenvalue weighted by atomic mass is 9.96. The molecule has 6 heteroatoms. The summed E-state index contributed by atoms with van der Waals surface area (Å²) in [5.41, 5.74) is 5.39. The summed E-state index contributed by atoms with van der Waals surface area (Å²) in [6, 6.07) is -2.22. The van der Waals surface area contributed by atoms with Gasteiger partial charge in [0, 0.05) is 7.05 Å². The zero-order valence-electron chi connectivity index (χ0n) is 12.3. The molecule has 0 saturated heterocycles. The van der Waals surface area contributed by atoms with E-state index in [2.05, 4.69) is 10.6 Å². The van der Waals surface area contributed by atoms with Crippen molar-refractivity contribution in [2.45, 2.75) is 52.2 Å². The molecule has 0 unspecified atom stereocenters. The van der Waals surface area contributed by atoms with Crippen molar-refractivity contribution in [3.8, 4) is 0 Å². The number of hydrogen-bond acceptors (Lipinski definition) is 4. The fourth-order valence-electron chi connectivity index (χ4n) is 1.56. The summed E-state index contributed by atoms with van der Waals surface area (Å²) in [5, 5.41) is 6.35. The average molecular weight is 270 g/mol. The molecule has 0 aromatic rings. The van der Waals surface area contributed by atoms with Crippen LogP contribution in [0.2, 0.25) is 0 Å². The van der Waals surface area contributed by atoms with E-state index in [0.717, 1.165) is 0 Å². The van der Waals surface area contributed by atoms with Gasteiger partial charge < -0.3 is 11.1 Å². The molecule has 1 radical (unpaired) electrons. The number of nitrogens with two attached hydrogens (primary N) is 1. The zero-order chi connectivity index (χ0) is 15.2. The van der Waals surface area contributed by atoms with E-state index in [0.29, 0.717) is 6.42 Å². The van der Waals surface area contributed by atoms with E-state index < -0.39 is 35.6 Å². The fourth-order valence-corrected chi connectivity index (χ4v) is 1.56. The molecule has 0 heterocycles. The molecule has 1 amide bonds. The molecule has 0 aromatic heterocycles. The van der Waals surface area contributed by atoms with Gasteiger partial charge in [-0.1, -0.05) is 13.8 Å². The average Bonchev–Trinajstić information content (AvgIpc) is 2.33. The maximum absolute atomic E-state index is 12.0. The smallest absolute Gasteiger partial charge is 0.237 e. The number of carbonyl (C=O) groups excluding carboxylic acids is 3. The molecule has 6 nitrogen and oxygen atoms in total. The Balaban J connectivity index is 4.61. The van der Waals surface area contributed by atoms with Gasteiger partial charge in [0.2, 0.25) is 17.5 Å². The van der Waals surface area contributed by atoms with Gasteiger partial charge in [-0.2, -0.15) is 0 Å². The van der Waals surface area contributed by atoms with E-state index in [9.17, 15) is 14.4 Å². The number of ketones is 2. The molecule has 0 fully saturated rings. The van der Waals surface area contributed by atoms with Crippen LogP contribution in [0.15, 0.2) is 0 Å². The monoisotopic (exact) mass is 270 g/mol. The molecule has 0 aromatic carbocycles. The molecule has 0 bridgehead atoms. The van der Waals surface area contributed by atoms with Crippen LogP contribution in [0, 0.1) is 5.92 Å². The first-order valence-corrected chi connectivity index (χ1v) is 6.43. The molecule has 0 aliphatic carbocycles. The predicted molar refractivity (Wildman–Crippen MR) is 72.6 cm³/mol. The van der Waals surface area contributed by atoms with Crippen molar-refractivity contribution in [3.05, 3.63) is 0 Å². The Kier molecular flexibility index (Phi) is 7.48. The Morgan fingerprint density at radius 1 is 1.11 bits per heavy atom. The number of amides is 1. The second kappa shape index (κ2) is 8.01. The summed E-state index contributed by atoms with van der Waals surface area (Å²) in [4.78, 5) is 35.3. The number of Topliss-reactive ketones (excluding diaryl/α,β-unsaturated/α-hetero) is 2. The van der Waals surface area contributed by atoms with Gasteiger partial charge in [-0.25, -0.2) is 5.32 Å². The summed E-state index contributed by atoms with van der Waals surface area (Å²) in [7, 11) is 1.52.